The maximum atomic E-state index is 11.9. The van der Waals surface area contributed by atoms with Crippen LogP contribution in [0, 0.1) is 6.92 Å². The molecule has 3 rings (SSSR count). The number of phenolic OH excluding ortho intramolecular Hbond substituents is 3. The molecule has 4 N–H and O–H groups in total. The van der Waals surface area contributed by atoms with Crippen LogP contribution in [-0.4, -0.2) is 33.5 Å². The van der Waals surface area contributed by atoms with Gasteiger partial charge in [-0.05, 0) is 6.92 Å². The molecule has 7 nitrogen and oxygen atoms in total. The summed E-state index contributed by atoms with van der Waals surface area (Å²) < 4.78 is 9.82. The summed E-state index contributed by atoms with van der Waals surface area (Å²) in [6.07, 6.45) is -1.67. The zero-order valence-corrected chi connectivity index (χ0v) is 11.2. The van der Waals surface area contributed by atoms with Gasteiger partial charge in [0.15, 0.2) is 11.5 Å². The highest BCUT2D eigenvalue weighted by molar-refractivity contribution is 6.14. The summed E-state index contributed by atoms with van der Waals surface area (Å²) in [5.74, 6) is -2.29. The minimum Gasteiger partial charge on any atom is -0.507 e. The highest BCUT2D eigenvalue weighted by Crippen LogP contribution is 2.50. The Kier molecular flexibility index (Phi) is 2.64. The minimum absolute atomic E-state index is 0.0567. The molecular weight excluding hydrogens is 280 g/mol. The van der Waals surface area contributed by atoms with E-state index in [0.717, 1.165) is 0 Å². The fourth-order valence-electron chi connectivity index (χ4n) is 2.65. The van der Waals surface area contributed by atoms with Gasteiger partial charge in [0.25, 0.3) is 0 Å². The van der Waals surface area contributed by atoms with Crippen LogP contribution in [0.25, 0.3) is 10.8 Å². The zero-order valence-electron chi connectivity index (χ0n) is 11.2. The Balaban J connectivity index is 2.66. The van der Waals surface area contributed by atoms with Crippen LogP contribution in [0.4, 0.5) is 0 Å². The Morgan fingerprint density at radius 1 is 1.19 bits per heavy atom. The van der Waals surface area contributed by atoms with Gasteiger partial charge in [-0.2, -0.15) is 0 Å². The van der Waals surface area contributed by atoms with Gasteiger partial charge in [-0.1, -0.05) is 0 Å². The predicted octanol–water partition coefficient (Wildman–Crippen LogP) is 1.43. The number of carbonyl (C=O) groups excluding carboxylic acids is 1. The normalized spacial score (nSPS) is 16.9. The van der Waals surface area contributed by atoms with Crippen LogP contribution in [-0.2, 0) is 4.74 Å². The number of ether oxygens (including phenoxy) is 2. The number of phenols is 3. The standard InChI is InChI=1S/C14H12O7/c1-4-7-6(20-2)3-5(15)8-9(7)10(12(17)11(4)16)14(19)21-13(8)18/h3,13,15-18H,1-2H3/t13-/m1/s1. The Morgan fingerprint density at radius 2 is 1.86 bits per heavy atom. The lowest BCUT2D eigenvalue weighted by Gasteiger charge is -2.25. The molecule has 1 aliphatic rings. The molecule has 0 amide bonds. The van der Waals surface area contributed by atoms with Crippen molar-refractivity contribution in [2.75, 3.05) is 7.11 Å². The molecule has 21 heavy (non-hydrogen) atoms. The smallest absolute Gasteiger partial charge is 0.345 e. The first kappa shape index (κ1) is 13.3. The number of aliphatic hydroxyl groups excluding tert-OH is 1. The molecule has 0 aromatic heterocycles. The van der Waals surface area contributed by atoms with Gasteiger partial charge >= 0.3 is 5.97 Å². The summed E-state index contributed by atoms with van der Waals surface area (Å²) in [5.41, 5.74) is -0.118. The van der Waals surface area contributed by atoms with Gasteiger partial charge in [0, 0.05) is 22.4 Å². The predicted molar refractivity (Wildman–Crippen MR) is 70.6 cm³/mol. The fourth-order valence-corrected chi connectivity index (χ4v) is 2.65. The lowest BCUT2D eigenvalue weighted by molar-refractivity contribution is -0.0697. The molecule has 1 aliphatic heterocycles. The molecule has 1 atom stereocenters. The summed E-state index contributed by atoms with van der Waals surface area (Å²) in [5, 5.41) is 40.2. The average molecular weight is 292 g/mol. The van der Waals surface area contributed by atoms with Crippen LogP contribution in [0.5, 0.6) is 23.0 Å². The second-order valence-corrected chi connectivity index (χ2v) is 4.72. The van der Waals surface area contributed by atoms with Crippen LogP contribution in [0.2, 0.25) is 0 Å². The van der Waals surface area contributed by atoms with Gasteiger partial charge in [0.2, 0.25) is 6.29 Å². The third-order valence-electron chi connectivity index (χ3n) is 3.64. The van der Waals surface area contributed by atoms with Crippen molar-refractivity contribution in [2.45, 2.75) is 13.2 Å². The number of methoxy groups -OCH3 is 1. The maximum absolute atomic E-state index is 11.9. The number of benzene rings is 2. The van der Waals surface area contributed by atoms with Crippen LogP contribution in [0.15, 0.2) is 6.07 Å². The molecule has 1 heterocycles. The van der Waals surface area contributed by atoms with E-state index in [1.54, 1.807) is 0 Å². The zero-order chi connectivity index (χ0) is 15.5. The maximum Gasteiger partial charge on any atom is 0.345 e. The lowest BCUT2D eigenvalue weighted by atomic mass is 9.91. The molecule has 0 fully saturated rings. The number of aromatic hydroxyl groups is 3. The molecule has 0 radical (unpaired) electrons. The summed E-state index contributed by atoms with van der Waals surface area (Å²) in [6, 6.07) is 1.24. The van der Waals surface area contributed by atoms with Crippen molar-refractivity contribution in [3.8, 4) is 23.0 Å². The number of esters is 1. The van der Waals surface area contributed by atoms with Crippen molar-refractivity contribution >= 4 is 16.7 Å². The average Bonchev–Trinajstić information content (AvgIpc) is 2.43. The van der Waals surface area contributed by atoms with Crippen molar-refractivity contribution < 1.29 is 34.7 Å². The number of hydrogen-bond donors (Lipinski definition) is 4. The fraction of sp³-hybridized carbons (Fsp3) is 0.214. The van der Waals surface area contributed by atoms with Gasteiger partial charge in [-0.15, -0.1) is 0 Å². The number of hydrogen-bond acceptors (Lipinski definition) is 7. The SMILES string of the molecule is COc1cc(O)c2c3c(c(O)c(O)c(C)c13)C(=O)O[C@H]2O. The van der Waals surface area contributed by atoms with Gasteiger partial charge in [-0.25, -0.2) is 4.79 Å². The third kappa shape index (κ3) is 1.55. The molecule has 0 aliphatic carbocycles. The van der Waals surface area contributed by atoms with Gasteiger partial charge in [0.1, 0.15) is 17.1 Å². The van der Waals surface area contributed by atoms with E-state index in [0.29, 0.717) is 5.39 Å². The Bertz CT molecular complexity index is 794. The van der Waals surface area contributed by atoms with Gasteiger partial charge in [0.05, 0.1) is 12.7 Å². The van der Waals surface area contributed by atoms with Crippen molar-refractivity contribution in [1.29, 1.82) is 0 Å². The number of carbonyl (C=O) groups is 1. The van der Waals surface area contributed by atoms with Crippen LogP contribution in [0.3, 0.4) is 0 Å². The molecule has 0 saturated heterocycles. The summed E-state index contributed by atoms with van der Waals surface area (Å²) >= 11 is 0. The summed E-state index contributed by atoms with van der Waals surface area (Å²) in [6.45, 7) is 1.52. The molecule has 0 spiro atoms. The molecule has 2 aromatic carbocycles. The second-order valence-electron chi connectivity index (χ2n) is 4.72. The number of rotatable bonds is 1. The van der Waals surface area contributed by atoms with Crippen LogP contribution in [0.1, 0.15) is 27.8 Å². The van der Waals surface area contributed by atoms with Crippen molar-refractivity contribution in [1.82, 2.24) is 0 Å². The van der Waals surface area contributed by atoms with E-state index in [-0.39, 0.29) is 33.6 Å². The second kappa shape index (κ2) is 4.16. The number of aryl methyl sites for hydroxylation is 1. The van der Waals surface area contributed by atoms with Crippen molar-refractivity contribution in [3.63, 3.8) is 0 Å². The molecule has 2 aromatic rings. The van der Waals surface area contributed by atoms with E-state index >= 15 is 0 Å². The van der Waals surface area contributed by atoms with Gasteiger partial charge < -0.3 is 29.9 Å². The van der Waals surface area contributed by atoms with Crippen molar-refractivity contribution in [3.05, 3.63) is 22.8 Å². The van der Waals surface area contributed by atoms with E-state index in [1.807, 2.05) is 0 Å². The Labute approximate surface area is 118 Å². The van der Waals surface area contributed by atoms with Crippen LogP contribution < -0.4 is 4.74 Å². The first-order chi connectivity index (χ1) is 9.88. The van der Waals surface area contributed by atoms with E-state index in [4.69, 9.17) is 4.74 Å². The van der Waals surface area contributed by atoms with Crippen LogP contribution >= 0.6 is 0 Å². The largest absolute Gasteiger partial charge is 0.507 e. The topological polar surface area (TPSA) is 116 Å². The molecule has 0 saturated carbocycles. The summed E-state index contributed by atoms with van der Waals surface area (Å²) in [7, 11) is 1.36. The monoisotopic (exact) mass is 292 g/mol. The minimum atomic E-state index is -1.67. The van der Waals surface area contributed by atoms with E-state index < -0.39 is 23.8 Å². The molecule has 0 bridgehead atoms. The Morgan fingerprint density at radius 3 is 2.48 bits per heavy atom. The lowest BCUT2D eigenvalue weighted by Crippen LogP contribution is -2.19. The number of cyclic esters (lactones) is 1. The first-order valence-electron chi connectivity index (χ1n) is 6.05. The molecule has 7 heteroatoms. The summed E-state index contributed by atoms with van der Waals surface area (Å²) in [4.78, 5) is 11.9. The van der Waals surface area contributed by atoms with Gasteiger partial charge in [-0.3, -0.25) is 0 Å². The molecular formula is C14H12O7. The Hall–Kier alpha value is -2.67. The van der Waals surface area contributed by atoms with E-state index in [1.165, 1.54) is 20.1 Å². The van der Waals surface area contributed by atoms with Crippen molar-refractivity contribution in [2.24, 2.45) is 0 Å². The highest BCUT2D eigenvalue weighted by atomic mass is 16.6. The van der Waals surface area contributed by atoms with E-state index in [9.17, 15) is 25.2 Å². The number of aliphatic hydroxyl groups is 1. The third-order valence-corrected chi connectivity index (χ3v) is 3.64. The van der Waals surface area contributed by atoms with E-state index in [2.05, 4.69) is 4.74 Å². The molecule has 0 unspecified atom stereocenters. The molecule has 110 valence electrons. The first-order valence-corrected chi connectivity index (χ1v) is 6.05. The quantitative estimate of drug-likeness (QED) is 0.464. The highest BCUT2D eigenvalue weighted by Gasteiger charge is 2.36.